The van der Waals surface area contributed by atoms with Gasteiger partial charge in [-0.2, -0.15) is 0 Å². The number of aliphatic carboxylic acids is 2. The highest BCUT2D eigenvalue weighted by molar-refractivity contribution is 5.90. The molecule has 2 aromatic carbocycles. The first-order valence-corrected chi connectivity index (χ1v) is 9.82. The maximum Gasteiger partial charge on any atom is 0.104 e. The Morgan fingerprint density at radius 1 is 0.667 bits per heavy atom. The molecule has 30 heavy (non-hydrogen) atoms. The van der Waals surface area contributed by atoms with Gasteiger partial charge in [0.05, 0.1) is 42.3 Å². The Labute approximate surface area is 181 Å². The molecule has 0 fully saturated rings. The summed E-state index contributed by atoms with van der Waals surface area (Å²) in [5, 5.41) is 19.2. The van der Waals surface area contributed by atoms with Gasteiger partial charge >= 0.3 is 0 Å². The fourth-order valence-corrected chi connectivity index (χ4v) is 2.36. The summed E-state index contributed by atoms with van der Waals surface area (Å²) in [6.45, 7) is 3.19. The molecular weight excluding hydrogens is 380 g/mol. The molecule has 0 saturated heterocycles. The Morgan fingerprint density at radius 2 is 0.933 bits per heavy atom. The van der Waals surface area contributed by atoms with E-state index in [-0.39, 0.29) is 0 Å². The van der Waals surface area contributed by atoms with Gasteiger partial charge < -0.3 is 28.8 Å². The van der Waals surface area contributed by atoms with Crippen LogP contribution in [0.5, 0.6) is 0 Å². The predicted molar refractivity (Wildman–Crippen MR) is 116 cm³/mol. The second kappa shape index (κ2) is 12.8. The Morgan fingerprint density at radius 3 is 1.10 bits per heavy atom. The topological polar surface area (TPSA) is 80.3 Å². The maximum atomic E-state index is 9.61. The Kier molecular flexibility index (Phi) is 11.6. The molecule has 0 amide bonds. The van der Waals surface area contributed by atoms with Crippen LogP contribution in [0.4, 0.5) is 0 Å². The summed E-state index contributed by atoms with van der Waals surface area (Å²) in [6, 6.07) is 21.1. The van der Waals surface area contributed by atoms with Crippen molar-refractivity contribution in [3.63, 3.8) is 0 Å². The highest BCUT2D eigenvalue weighted by Gasteiger charge is 2.07. The average Bonchev–Trinajstić information content (AvgIpc) is 2.61. The van der Waals surface area contributed by atoms with Crippen molar-refractivity contribution >= 4 is 11.9 Å². The summed E-state index contributed by atoms with van der Waals surface area (Å²) in [6.07, 6.45) is 0. The SMILES string of the molecule is CC(C(=O)[O-])C(=O)[O-].C[N+](C)(C)Cc1ccccc1.C[N+](C)(C)Cc1ccccc1. The van der Waals surface area contributed by atoms with Crippen molar-refractivity contribution < 1.29 is 28.8 Å². The van der Waals surface area contributed by atoms with E-state index in [0.717, 1.165) is 29.0 Å². The van der Waals surface area contributed by atoms with Crippen molar-refractivity contribution in [3.8, 4) is 0 Å². The van der Waals surface area contributed by atoms with E-state index in [4.69, 9.17) is 0 Å². The highest BCUT2D eigenvalue weighted by atomic mass is 16.4. The summed E-state index contributed by atoms with van der Waals surface area (Å²) in [4.78, 5) is 19.2. The van der Waals surface area contributed by atoms with Crippen LogP contribution in [0.2, 0.25) is 0 Å². The summed E-state index contributed by atoms with van der Waals surface area (Å²) >= 11 is 0. The quantitative estimate of drug-likeness (QED) is 0.518. The van der Waals surface area contributed by atoms with Crippen LogP contribution in [0.25, 0.3) is 0 Å². The number of carbonyl (C=O) groups is 2. The van der Waals surface area contributed by atoms with E-state index >= 15 is 0 Å². The molecule has 6 nitrogen and oxygen atoms in total. The van der Waals surface area contributed by atoms with Crippen molar-refractivity contribution in [2.24, 2.45) is 5.92 Å². The molecule has 0 aliphatic carbocycles. The van der Waals surface area contributed by atoms with Crippen LogP contribution in [-0.2, 0) is 22.7 Å². The lowest BCUT2D eigenvalue weighted by atomic mass is 10.2. The second-order valence-corrected chi connectivity index (χ2v) is 9.23. The smallest absolute Gasteiger partial charge is 0.104 e. The summed E-state index contributed by atoms with van der Waals surface area (Å²) in [5.74, 6) is -4.76. The molecule has 2 aromatic rings. The van der Waals surface area contributed by atoms with Gasteiger partial charge in [0.2, 0.25) is 0 Å². The van der Waals surface area contributed by atoms with Crippen molar-refractivity contribution in [2.45, 2.75) is 20.0 Å². The second-order valence-electron chi connectivity index (χ2n) is 9.23. The lowest BCUT2D eigenvalue weighted by Crippen LogP contribution is -2.41. The van der Waals surface area contributed by atoms with Gasteiger partial charge in [0, 0.05) is 29.0 Å². The molecule has 0 radical (unpaired) electrons. The number of nitrogens with zero attached hydrogens (tertiary/aromatic N) is 2. The van der Waals surface area contributed by atoms with E-state index in [2.05, 4.69) is 103 Å². The Bertz CT molecular complexity index is 683. The van der Waals surface area contributed by atoms with Gasteiger partial charge in [-0.15, -0.1) is 0 Å². The van der Waals surface area contributed by atoms with Gasteiger partial charge in [-0.05, 0) is 0 Å². The molecule has 0 spiro atoms. The largest absolute Gasteiger partial charge is 0.549 e. The molecule has 0 saturated carbocycles. The van der Waals surface area contributed by atoms with Gasteiger partial charge in [-0.1, -0.05) is 67.6 Å². The van der Waals surface area contributed by atoms with Crippen LogP contribution in [0.3, 0.4) is 0 Å². The summed E-state index contributed by atoms with van der Waals surface area (Å²) < 4.78 is 1.98. The molecule has 0 heterocycles. The summed E-state index contributed by atoms with van der Waals surface area (Å²) in [7, 11) is 13.2. The third-order valence-corrected chi connectivity index (χ3v) is 3.71. The molecule has 0 atom stereocenters. The normalized spacial score (nSPS) is 10.9. The number of carbonyl (C=O) groups excluding carboxylic acids is 2. The molecule has 166 valence electrons. The highest BCUT2D eigenvalue weighted by Crippen LogP contribution is 2.06. The zero-order valence-electron chi connectivity index (χ0n) is 19.3. The minimum Gasteiger partial charge on any atom is -0.549 e. The minimum atomic E-state index is -1.62. The average molecular weight is 417 g/mol. The van der Waals surface area contributed by atoms with E-state index in [1.54, 1.807) is 0 Å². The molecule has 0 aliphatic rings. The first kappa shape index (κ1) is 27.3. The molecule has 0 aromatic heterocycles. The van der Waals surface area contributed by atoms with E-state index in [1.807, 2.05) is 0 Å². The minimum absolute atomic E-state index is 0.990. The molecular formula is C24H36N2O4. The van der Waals surface area contributed by atoms with Gasteiger partial charge in [-0.25, -0.2) is 0 Å². The van der Waals surface area contributed by atoms with Gasteiger partial charge in [-0.3, -0.25) is 0 Å². The van der Waals surface area contributed by atoms with Crippen LogP contribution in [0.1, 0.15) is 18.1 Å². The van der Waals surface area contributed by atoms with Crippen molar-refractivity contribution in [2.75, 3.05) is 42.3 Å². The van der Waals surface area contributed by atoms with Crippen LogP contribution in [0.15, 0.2) is 60.7 Å². The number of rotatable bonds is 6. The fraction of sp³-hybridized carbons (Fsp3) is 0.417. The molecule has 2 rings (SSSR count). The van der Waals surface area contributed by atoms with E-state index in [9.17, 15) is 19.8 Å². The first-order chi connectivity index (χ1) is 13.7. The van der Waals surface area contributed by atoms with Crippen molar-refractivity contribution in [1.29, 1.82) is 0 Å². The van der Waals surface area contributed by atoms with Gasteiger partial charge in [0.25, 0.3) is 0 Å². The van der Waals surface area contributed by atoms with Crippen LogP contribution >= 0.6 is 0 Å². The van der Waals surface area contributed by atoms with Crippen LogP contribution in [-0.4, -0.2) is 63.2 Å². The number of benzene rings is 2. The lowest BCUT2D eigenvalue weighted by molar-refractivity contribution is -0.884. The zero-order chi connectivity index (χ0) is 23.4. The van der Waals surface area contributed by atoms with Gasteiger partial charge in [0.1, 0.15) is 13.1 Å². The molecule has 0 aliphatic heterocycles. The Hall–Kier alpha value is -2.70. The van der Waals surface area contributed by atoms with Crippen LogP contribution < -0.4 is 10.2 Å². The molecule has 0 unspecified atom stereocenters. The third-order valence-electron chi connectivity index (χ3n) is 3.71. The first-order valence-electron chi connectivity index (χ1n) is 9.82. The fourth-order valence-electron chi connectivity index (χ4n) is 2.36. The number of carboxylic acid groups (broad SMARTS) is 2. The number of hydrogen-bond acceptors (Lipinski definition) is 4. The molecule has 6 heteroatoms. The van der Waals surface area contributed by atoms with E-state index in [1.165, 1.54) is 11.1 Å². The maximum absolute atomic E-state index is 9.61. The van der Waals surface area contributed by atoms with Crippen molar-refractivity contribution in [3.05, 3.63) is 71.8 Å². The zero-order valence-corrected chi connectivity index (χ0v) is 19.3. The van der Waals surface area contributed by atoms with E-state index in [0.29, 0.717) is 0 Å². The monoisotopic (exact) mass is 416 g/mol. The molecule has 0 N–H and O–H groups in total. The van der Waals surface area contributed by atoms with Crippen molar-refractivity contribution in [1.82, 2.24) is 0 Å². The number of hydrogen-bond donors (Lipinski definition) is 0. The van der Waals surface area contributed by atoms with Crippen LogP contribution in [0, 0.1) is 5.92 Å². The van der Waals surface area contributed by atoms with E-state index < -0.39 is 17.9 Å². The summed E-state index contributed by atoms with van der Waals surface area (Å²) in [5.41, 5.74) is 2.81. The Balaban J connectivity index is 0.000000428. The lowest BCUT2D eigenvalue weighted by Gasteiger charge is -2.23. The third kappa shape index (κ3) is 15.2. The number of quaternary nitrogens is 2. The van der Waals surface area contributed by atoms with Gasteiger partial charge in [0.15, 0.2) is 0 Å². The predicted octanol–water partition coefficient (Wildman–Crippen LogP) is 0.908. The number of carboxylic acids is 2. The standard InChI is InChI=1S/2C10H16N.C4H6O4/c2*1-11(2,3)9-10-7-5-4-6-8-10;1-2(3(5)6)4(7)8/h2*4-8H,9H2,1-3H3;2H,1H3,(H,5,6)(H,7,8)/q2*+1;/p-2. The molecule has 0 bridgehead atoms.